The molecule has 0 radical (unpaired) electrons. The Morgan fingerprint density at radius 1 is 1.31 bits per heavy atom. The lowest BCUT2D eigenvalue weighted by Gasteiger charge is -2.44. The number of amides is 2. The molecule has 1 fully saturated rings. The van der Waals surface area contributed by atoms with E-state index in [0.717, 1.165) is 25.0 Å². The third-order valence-electron chi connectivity index (χ3n) is 6.62. The number of likely N-dealkylation sites (tertiary alicyclic amines) is 1. The maximum atomic E-state index is 13.3. The fourth-order valence-corrected chi connectivity index (χ4v) is 4.71. The van der Waals surface area contributed by atoms with Crippen LogP contribution in [-0.4, -0.2) is 50.8 Å². The van der Waals surface area contributed by atoms with Crippen molar-refractivity contribution in [1.29, 1.82) is 0 Å². The average molecular weight is 399 g/mol. The summed E-state index contributed by atoms with van der Waals surface area (Å²) in [4.78, 5) is 34.7. The minimum absolute atomic E-state index is 0.0363. The minimum Gasteiger partial charge on any atom is -0.469 e. The molecular weight excluding hydrogens is 368 g/mol. The number of hydrogen-bond acceptors (Lipinski definition) is 4. The zero-order chi connectivity index (χ0) is 20.6. The zero-order valence-electron chi connectivity index (χ0n) is 17.6. The average Bonchev–Trinajstić information content (AvgIpc) is 3.44. The topological polar surface area (TPSA) is 71.6 Å². The van der Waals surface area contributed by atoms with Crippen molar-refractivity contribution in [3.63, 3.8) is 0 Å². The Labute approximate surface area is 171 Å². The van der Waals surface area contributed by atoms with Crippen molar-refractivity contribution in [2.75, 3.05) is 19.6 Å². The molecule has 2 amide bonds. The molecule has 0 bridgehead atoms. The molecule has 0 aromatic carbocycles. The van der Waals surface area contributed by atoms with Crippen LogP contribution in [0.4, 0.5) is 0 Å². The first-order chi connectivity index (χ1) is 13.9. The van der Waals surface area contributed by atoms with Crippen molar-refractivity contribution in [3.8, 4) is 0 Å². The lowest BCUT2D eigenvalue weighted by atomic mass is 9.85. The molecule has 29 heavy (non-hydrogen) atoms. The predicted molar refractivity (Wildman–Crippen MR) is 108 cm³/mol. The molecule has 2 atom stereocenters. The van der Waals surface area contributed by atoms with Crippen LogP contribution >= 0.6 is 0 Å². The number of nitrogens with zero attached hydrogens (tertiary/aromatic N) is 4. The second-order valence-electron chi connectivity index (χ2n) is 8.52. The number of hydrogen-bond donors (Lipinski definition) is 0. The summed E-state index contributed by atoms with van der Waals surface area (Å²) in [6, 6.07) is 3.62. The van der Waals surface area contributed by atoms with E-state index in [1.807, 2.05) is 29.2 Å². The molecule has 2 aliphatic rings. The highest BCUT2D eigenvalue weighted by molar-refractivity contribution is 5.80. The van der Waals surface area contributed by atoms with E-state index in [-0.39, 0.29) is 18.2 Å². The number of imidazole rings is 1. The number of aryl methyl sites for hydroxylation is 1. The summed E-state index contributed by atoms with van der Waals surface area (Å²) < 4.78 is 7.40. The summed E-state index contributed by atoms with van der Waals surface area (Å²) in [5.41, 5.74) is 1.63. The summed E-state index contributed by atoms with van der Waals surface area (Å²) in [5.74, 6) is 1.23. The van der Waals surface area contributed by atoms with Crippen LogP contribution in [-0.2, 0) is 35.0 Å². The molecule has 7 nitrogen and oxygen atoms in total. The third-order valence-corrected chi connectivity index (χ3v) is 6.62. The Bertz CT molecular complexity index is 888. The van der Waals surface area contributed by atoms with Gasteiger partial charge in [0.25, 0.3) is 0 Å². The highest BCUT2D eigenvalue weighted by Gasteiger charge is 2.52. The Morgan fingerprint density at radius 2 is 2.14 bits per heavy atom. The molecule has 0 aliphatic carbocycles. The van der Waals surface area contributed by atoms with Crippen LogP contribution < -0.4 is 0 Å². The van der Waals surface area contributed by atoms with Crippen molar-refractivity contribution in [2.45, 2.75) is 51.5 Å². The van der Waals surface area contributed by atoms with E-state index in [9.17, 15) is 9.59 Å². The molecule has 2 aromatic heterocycles. The summed E-state index contributed by atoms with van der Waals surface area (Å²) in [7, 11) is 2.00. The van der Waals surface area contributed by atoms with Gasteiger partial charge in [0, 0.05) is 45.2 Å². The van der Waals surface area contributed by atoms with E-state index in [0.29, 0.717) is 37.7 Å². The van der Waals surface area contributed by atoms with E-state index in [2.05, 4.69) is 18.4 Å². The molecular formula is C22H30N4O3. The maximum Gasteiger partial charge on any atom is 0.230 e. The zero-order valence-corrected chi connectivity index (χ0v) is 17.6. The summed E-state index contributed by atoms with van der Waals surface area (Å²) in [5, 5.41) is 0. The van der Waals surface area contributed by atoms with Crippen LogP contribution in [0.2, 0.25) is 0 Å². The van der Waals surface area contributed by atoms with Crippen molar-refractivity contribution >= 4 is 11.8 Å². The molecule has 1 saturated heterocycles. The van der Waals surface area contributed by atoms with Gasteiger partial charge in [-0.25, -0.2) is 4.98 Å². The van der Waals surface area contributed by atoms with Crippen LogP contribution in [0.25, 0.3) is 0 Å². The number of carbonyl (C=O) groups is 2. The van der Waals surface area contributed by atoms with Crippen LogP contribution in [0.15, 0.2) is 29.1 Å². The fraction of sp³-hybridized carbons (Fsp3) is 0.591. The van der Waals surface area contributed by atoms with E-state index in [1.54, 1.807) is 12.3 Å². The van der Waals surface area contributed by atoms with Crippen molar-refractivity contribution in [1.82, 2.24) is 19.4 Å². The predicted octanol–water partition coefficient (Wildman–Crippen LogP) is 2.50. The van der Waals surface area contributed by atoms with Crippen LogP contribution in [0.1, 0.15) is 50.3 Å². The SMILES string of the molecule is CCC(C)CC(=O)N1CCc2c(ncn2C)C12CCN(C(=O)Cc1ccco1)C2. The number of furan rings is 1. The fourth-order valence-electron chi connectivity index (χ4n) is 4.71. The molecule has 2 aromatic rings. The van der Waals surface area contributed by atoms with Gasteiger partial charge in [0.2, 0.25) is 11.8 Å². The Kier molecular flexibility index (Phi) is 5.23. The highest BCUT2D eigenvalue weighted by Crippen LogP contribution is 2.42. The quantitative estimate of drug-likeness (QED) is 0.776. The second kappa shape index (κ2) is 7.69. The molecule has 1 spiro atoms. The first-order valence-corrected chi connectivity index (χ1v) is 10.6. The first kappa shape index (κ1) is 19.7. The normalized spacial score (nSPS) is 22.2. The molecule has 4 heterocycles. The molecule has 156 valence electrons. The van der Waals surface area contributed by atoms with Crippen molar-refractivity contribution in [3.05, 3.63) is 41.9 Å². The highest BCUT2D eigenvalue weighted by atomic mass is 16.3. The van der Waals surface area contributed by atoms with Gasteiger partial charge in [-0.05, 0) is 24.5 Å². The summed E-state index contributed by atoms with van der Waals surface area (Å²) in [6.45, 7) is 6.05. The summed E-state index contributed by atoms with van der Waals surface area (Å²) >= 11 is 0. The van der Waals surface area contributed by atoms with Gasteiger partial charge in [-0.1, -0.05) is 20.3 Å². The minimum atomic E-state index is -0.516. The third kappa shape index (κ3) is 3.47. The van der Waals surface area contributed by atoms with Crippen LogP contribution in [0.5, 0.6) is 0 Å². The standard InChI is InChI=1S/C22H30N4O3/c1-4-16(2)12-20(28)26-9-7-18-21(23-15-24(18)3)22(26)8-10-25(14-22)19(27)13-17-6-5-11-29-17/h5-6,11,15-16H,4,7-10,12-14H2,1-3H3. The van der Waals surface area contributed by atoms with Crippen molar-refractivity contribution < 1.29 is 14.0 Å². The largest absolute Gasteiger partial charge is 0.469 e. The number of fused-ring (bicyclic) bond motifs is 2. The number of rotatable bonds is 5. The molecule has 2 aliphatic heterocycles. The van der Waals surface area contributed by atoms with Gasteiger partial charge in [-0.3, -0.25) is 9.59 Å². The van der Waals surface area contributed by atoms with E-state index < -0.39 is 5.54 Å². The van der Waals surface area contributed by atoms with E-state index in [1.165, 1.54) is 5.69 Å². The van der Waals surface area contributed by atoms with Crippen molar-refractivity contribution in [2.24, 2.45) is 13.0 Å². The van der Waals surface area contributed by atoms with Crippen LogP contribution in [0.3, 0.4) is 0 Å². The van der Waals surface area contributed by atoms with Gasteiger partial charge >= 0.3 is 0 Å². The molecule has 0 N–H and O–H groups in total. The monoisotopic (exact) mass is 398 g/mol. The Hall–Kier alpha value is -2.57. The maximum absolute atomic E-state index is 13.3. The molecule has 0 saturated carbocycles. The lowest BCUT2D eigenvalue weighted by molar-refractivity contribution is -0.141. The van der Waals surface area contributed by atoms with Gasteiger partial charge in [0.05, 0.1) is 24.7 Å². The van der Waals surface area contributed by atoms with Gasteiger partial charge in [0.1, 0.15) is 11.3 Å². The van der Waals surface area contributed by atoms with Gasteiger partial charge < -0.3 is 18.8 Å². The first-order valence-electron chi connectivity index (χ1n) is 10.6. The van der Waals surface area contributed by atoms with E-state index >= 15 is 0 Å². The Balaban J connectivity index is 1.61. The van der Waals surface area contributed by atoms with E-state index in [4.69, 9.17) is 9.40 Å². The second-order valence-corrected chi connectivity index (χ2v) is 8.52. The molecule has 7 heteroatoms. The lowest BCUT2D eigenvalue weighted by Crippen LogP contribution is -2.55. The smallest absolute Gasteiger partial charge is 0.230 e. The summed E-state index contributed by atoms with van der Waals surface area (Å²) in [6.07, 6.45) is 6.73. The number of aromatic nitrogens is 2. The van der Waals surface area contributed by atoms with Gasteiger partial charge in [-0.15, -0.1) is 0 Å². The Morgan fingerprint density at radius 3 is 2.86 bits per heavy atom. The van der Waals surface area contributed by atoms with Gasteiger partial charge in [-0.2, -0.15) is 0 Å². The number of carbonyl (C=O) groups excluding carboxylic acids is 2. The van der Waals surface area contributed by atoms with Crippen LogP contribution in [0, 0.1) is 5.92 Å². The van der Waals surface area contributed by atoms with Gasteiger partial charge in [0.15, 0.2) is 0 Å². The molecule has 4 rings (SSSR count). The molecule has 2 unspecified atom stereocenters.